The topological polar surface area (TPSA) is 115 Å². The van der Waals surface area contributed by atoms with Gasteiger partial charge in [-0.3, -0.25) is 19.2 Å². The fourth-order valence-electron chi connectivity index (χ4n) is 6.62. The van der Waals surface area contributed by atoms with Gasteiger partial charge < -0.3 is 10.0 Å². The summed E-state index contributed by atoms with van der Waals surface area (Å²) in [6.45, 7) is 1.21. The van der Waals surface area contributed by atoms with Crippen LogP contribution in [0.15, 0.2) is 46.7 Å². The monoisotopic (exact) mass is 762 g/mol. The fourth-order valence-corrected chi connectivity index (χ4v) is 7.82. The molecule has 5 aromatic rings. The van der Waals surface area contributed by atoms with Crippen LogP contribution in [-0.4, -0.2) is 69.4 Å². The second kappa shape index (κ2) is 14.4. The van der Waals surface area contributed by atoms with Gasteiger partial charge in [0.1, 0.15) is 11.9 Å². The van der Waals surface area contributed by atoms with Gasteiger partial charge in [-0.15, -0.1) is 11.3 Å². The van der Waals surface area contributed by atoms with Crippen LogP contribution >= 0.6 is 22.9 Å². The summed E-state index contributed by atoms with van der Waals surface area (Å²) < 4.78 is 83.7. The number of hydrogen-bond donors (Lipinski definition) is 1. The Hall–Kier alpha value is -4.72. The molecule has 9 nitrogen and oxygen atoms in total. The number of alkyl halides is 6. The summed E-state index contributed by atoms with van der Waals surface area (Å²) in [5, 5.41) is 21.5. The van der Waals surface area contributed by atoms with E-state index < -0.39 is 47.1 Å². The third kappa shape index (κ3) is 7.43. The van der Waals surface area contributed by atoms with E-state index >= 15 is 0 Å². The van der Waals surface area contributed by atoms with Crippen LogP contribution in [0.1, 0.15) is 45.7 Å². The molecule has 6 rings (SSSR count). The number of thiophene rings is 1. The molecule has 1 saturated heterocycles. The van der Waals surface area contributed by atoms with Gasteiger partial charge in [-0.25, -0.2) is 9.78 Å². The molecule has 52 heavy (non-hydrogen) atoms. The number of aromatic carboxylic acids is 1. The Morgan fingerprint density at radius 3 is 2.44 bits per heavy atom. The molecule has 0 spiro atoms. The van der Waals surface area contributed by atoms with Crippen molar-refractivity contribution < 1.29 is 36.2 Å². The summed E-state index contributed by atoms with van der Waals surface area (Å²) in [5.41, 5.74) is -0.359. The zero-order valence-electron chi connectivity index (χ0n) is 27.4. The number of rotatable bonds is 9. The van der Waals surface area contributed by atoms with E-state index in [0.717, 1.165) is 22.8 Å². The molecule has 0 radical (unpaired) electrons. The largest absolute Gasteiger partial charge is 0.478 e. The summed E-state index contributed by atoms with van der Waals surface area (Å²) in [6, 6.07) is 9.63. The number of carboxylic acid groups (broad SMARTS) is 1. The van der Waals surface area contributed by atoms with Gasteiger partial charge in [0, 0.05) is 61.4 Å². The van der Waals surface area contributed by atoms with E-state index in [1.807, 2.05) is 12.1 Å². The third-order valence-electron chi connectivity index (χ3n) is 9.10. The molecule has 3 aromatic heterocycles. The molecule has 0 amide bonds. The number of fused-ring (bicyclic) bond motifs is 2. The van der Waals surface area contributed by atoms with Gasteiger partial charge in [0.2, 0.25) is 0 Å². The van der Waals surface area contributed by atoms with Crippen molar-refractivity contribution in [2.75, 3.05) is 37.6 Å². The van der Waals surface area contributed by atoms with E-state index in [0.29, 0.717) is 28.1 Å². The summed E-state index contributed by atoms with van der Waals surface area (Å²) >= 11 is 7.61. The Kier molecular flexibility index (Phi) is 10.2. The van der Waals surface area contributed by atoms with Crippen molar-refractivity contribution in [3.8, 4) is 17.2 Å². The first kappa shape index (κ1) is 37.1. The number of anilines is 1. The number of carboxylic acids is 1. The van der Waals surface area contributed by atoms with E-state index in [-0.39, 0.29) is 61.6 Å². The van der Waals surface area contributed by atoms with Crippen molar-refractivity contribution in [1.29, 1.82) is 5.26 Å². The van der Waals surface area contributed by atoms with Crippen LogP contribution in [0, 0.1) is 18.3 Å². The van der Waals surface area contributed by atoms with Crippen LogP contribution in [0.25, 0.3) is 32.2 Å². The Balaban J connectivity index is 1.32. The van der Waals surface area contributed by atoms with Crippen LogP contribution in [0.3, 0.4) is 0 Å². The minimum atomic E-state index is -4.91. The van der Waals surface area contributed by atoms with Gasteiger partial charge in [0.15, 0.2) is 0 Å². The highest BCUT2D eigenvalue weighted by Crippen LogP contribution is 2.42. The molecule has 272 valence electrons. The number of pyridine rings is 1. The number of piperazine rings is 1. The second-order valence-electron chi connectivity index (χ2n) is 12.4. The lowest BCUT2D eigenvalue weighted by atomic mass is 9.96. The molecule has 0 saturated carbocycles. The van der Waals surface area contributed by atoms with Crippen molar-refractivity contribution in [3.05, 3.63) is 85.4 Å². The number of aryl methyl sites for hydroxylation is 2. The molecular formula is C35H29ClF6N6O3S. The molecule has 1 aliphatic heterocycles. The molecule has 2 aromatic carbocycles. The van der Waals surface area contributed by atoms with Crippen molar-refractivity contribution in [3.63, 3.8) is 0 Å². The predicted molar refractivity (Wildman–Crippen MR) is 185 cm³/mol. The summed E-state index contributed by atoms with van der Waals surface area (Å²) in [5.74, 6) is -0.955. The number of nitrogens with zero attached hydrogens (tertiary/aromatic N) is 6. The number of halogens is 7. The number of hydrogen-bond acceptors (Lipinski definition) is 8. The average molecular weight is 763 g/mol. The molecule has 17 heteroatoms. The Labute approximate surface area is 301 Å². The Morgan fingerprint density at radius 2 is 1.79 bits per heavy atom. The highest BCUT2D eigenvalue weighted by molar-refractivity contribution is 7.18. The summed E-state index contributed by atoms with van der Waals surface area (Å²) in [4.78, 5) is 37.1. The third-order valence-corrected chi connectivity index (χ3v) is 10.3. The maximum absolute atomic E-state index is 14.5. The van der Waals surface area contributed by atoms with E-state index in [4.69, 9.17) is 11.6 Å². The fraction of sp³-hybridized carbons (Fsp3) is 0.343. The lowest BCUT2D eigenvalue weighted by Gasteiger charge is -2.37. The Morgan fingerprint density at radius 1 is 1.06 bits per heavy atom. The average Bonchev–Trinajstić information content (AvgIpc) is 3.53. The minimum Gasteiger partial charge on any atom is -0.478 e. The molecule has 0 atom stereocenters. The van der Waals surface area contributed by atoms with Crippen molar-refractivity contribution in [1.82, 2.24) is 19.4 Å². The zero-order valence-corrected chi connectivity index (χ0v) is 29.0. The molecule has 0 unspecified atom stereocenters. The maximum atomic E-state index is 14.5. The summed E-state index contributed by atoms with van der Waals surface area (Å²) in [7, 11) is 0. The molecule has 1 N–H and O–H groups in total. The number of aromatic nitrogens is 3. The first-order valence-corrected chi connectivity index (χ1v) is 17.3. The Bertz CT molecular complexity index is 2290. The summed E-state index contributed by atoms with van der Waals surface area (Å²) in [6.07, 6.45) is -8.04. The highest BCUT2D eigenvalue weighted by Gasteiger charge is 2.39. The lowest BCUT2D eigenvalue weighted by molar-refractivity contribution is -0.139. The first-order chi connectivity index (χ1) is 24.6. The molecular weight excluding hydrogens is 734 g/mol. The van der Waals surface area contributed by atoms with Crippen molar-refractivity contribution in [2.24, 2.45) is 0 Å². The maximum Gasteiger partial charge on any atom is 0.418 e. The molecule has 4 heterocycles. The van der Waals surface area contributed by atoms with E-state index in [1.54, 1.807) is 18.2 Å². The molecule has 1 aliphatic rings. The number of carbonyl (C=O) groups is 1. The molecule has 0 bridgehead atoms. The molecule has 1 fully saturated rings. The van der Waals surface area contributed by atoms with Crippen LogP contribution in [0.5, 0.6) is 0 Å². The van der Waals surface area contributed by atoms with Gasteiger partial charge >= 0.3 is 18.3 Å². The van der Waals surface area contributed by atoms with Crippen LogP contribution in [0.4, 0.5) is 32.0 Å². The second-order valence-corrected chi connectivity index (χ2v) is 13.7. The van der Waals surface area contributed by atoms with Crippen LogP contribution < -0.4 is 10.5 Å². The van der Waals surface area contributed by atoms with Crippen molar-refractivity contribution >= 4 is 55.7 Å². The van der Waals surface area contributed by atoms with Gasteiger partial charge in [0.05, 0.1) is 49.9 Å². The number of benzene rings is 2. The lowest BCUT2D eigenvalue weighted by Crippen LogP contribution is -2.48. The number of nitriles is 1. The normalized spacial score (nSPS) is 14.3. The van der Waals surface area contributed by atoms with Crippen molar-refractivity contribution in [2.45, 2.75) is 45.1 Å². The van der Waals surface area contributed by atoms with E-state index in [1.165, 1.54) is 44.2 Å². The van der Waals surface area contributed by atoms with Crippen LogP contribution in [0.2, 0.25) is 5.02 Å². The predicted octanol–water partition coefficient (Wildman–Crippen LogP) is 7.93. The first-order valence-electron chi connectivity index (χ1n) is 16.0. The SMILES string of the molecule is Cc1nc2cc(C(F)(F)F)c(N3CCN(CCC(F)(F)F)CC3)c(C#N)c2c(=O)n1CCCc1ccc(Cl)cc1-c1ccnc2c(C(=O)O)csc12. The van der Waals surface area contributed by atoms with E-state index in [9.17, 15) is 46.3 Å². The quantitative estimate of drug-likeness (QED) is 0.151. The van der Waals surface area contributed by atoms with E-state index in [2.05, 4.69) is 9.97 Å². The highest BCUT2D eigenvalue weighted by atomic mass is 35.5. The van der Waals surface area contributed by atoms with Crippen LogP contribution in [-0.2, 0) is 19.1 Å². The smallest absolute Gasteiger partial charge is 0.418 e. The van der Waals surface area contributed by atoms with Gasteiger partial charge in [-0.1, -0.05) is 17.7 Å². The molecule has 0 aliphatic carbocycles. The standard InChI is InChI=1S/C35H29ClF6N6O3S/c1-19-45-27-16-26(35(40,41)42)30(47-13-11-46(12-14-47)10-7-34(37,38)39)24(17-43)28(27)32(49)48(19)9-2-3-20-4-5-21(36)15-23(20)22-6-8-44-29-25(33(50)51)18-52-31(22)29/h4-6,8,15-16,18H,2-3,7,9-14H2,1H3,(H,50,51). The zero-order chi connectivity index (χ0) is 37.5. The minimum absolute atomic E-state index is 0.0393. The van der Waals surface area contributed by atoms with Gasteiger partial charge in [0.25, 0.3) is 5.56 Å². The van der Waals surface area contributed by atoms with Gasteiger partial charge in [-0.2, -0.15) is 31.6 Å². The van der Waals surface area contributed by atoms with Gasteiger partial charge in [-0.05, 0) is 55.2 Å².